The van der Waals surface area contributed by atoms with Gasteiger partial charge in [0.15, 0.2) is 0 Å². The van der Waals surface area contributed by atoms with E-state index in [1.165, 1.54) is 25.7 Å². The first-order valence-electron chi connectivity index (χ1n) is 8.30. The minimum absolute atomic E-state index is 0.0249. The topological polar surface area (TPSA) is 49.4 Å². The van der Waals surface area contributed by atoms with E-state index in [2.05, 4.69) is 5.32 Å². The van der Waals surface area contributed by atoms with E-state index in [0.29, 0.717) is 24.9 Å². The third kappa shape index (κ3) is 3.53. The molecule has 1 atom stereocenters. The molecule has 0 radical (unpaired) electrons. The molecular weight excluding hydrogens is 252 g/mol. The van der Waals surface area contributed by atoms with Crippen molar-refractivity contribution in [3.8, 4) is 0 Å². The third-order valence-corrected chi connectivity index (χ3v) is 5.01. The van der Waals surface area contributed by atoms with Crippen LogP contribution in [-0.2, 0) is 9.59 Å². The molecule has 1 aliphatic heterocycles. The van der Waals surface area contributed by atoms with E-state index in [1.54, 1.807) is 0 Å². The summed E-state index contributed by atoms with van der Waals surface area (Å²) in [6, 6.07) is 0.423. The Hall–Kier alpha value is -1.06. The van der Waals surface area contributed by atoms with Gasteiger partial charge in [0.2, 0.25) is 11.8 Å². The zero-order chi connectivity index (χ0) is 13.9. The molecule has 0 bridgehead atoms. The Labute approximate surface area is 121 Å². The number of likely N-dealkylation sites (tertiary alicyclic amines) is 1. The Morgan fingerprint density at radius 1 is 1.00 bits per heavy atom. The van der Waals surface area contributed by atoms with E-state index in [0.717, 1.165) is 32.2 Å². The summed E-state index contributed by atoms with van der Waals surface area (Å²) >= 11 is 0. The van der Waals surface area contributed by atoms with Gasteiger partial charge in [0.1, 0.15) is 0 Å². The molecule has 20 heavy (non-hydrogen) atoms. The highest BCUT2D eigenvalue weighted by Gasteiger charge is 2.32. The van der Waals surface area contributed by atoms with Crippen molar-refractivity contribution < 1.29 is 9.59 Å². The summed E-state index contributed by atoms with van der Waals surface area (Å²) in [5, 5.41) is 3.08. The SMILES string of the molecule is O=C(NC1CC1)[C@H]1CCCN(C(=O)CC2CCCC2)C1. The molecule has 0 unspecified atom stereocenters. The van der Waals surface area contributed by atoms with E-state index in [-0.39, 0.29) is 17.7 Å². The molecule has 0 aromatic carbocycles. The maximum atomic E-state index is 12.4. The van der Waals surface area contributed by atoms with Crippen molar-refractivity contribution >= 4 is 11.8 Å². The minimum atomic E-state index is 0.0249. The zero-order valence-corrected chi connectivity index (χ0v) is 12.3. The summed E-state index contributed by atoms with van der Waals surface area (Å²) in [7, 11) is 0. The van der Waals surface area contributed by atoms with Gasteiger partial charge in [-0.05, 0) is 44.4 Å². The van der Waals surface area contributed by atoms with Crippen LogP contribution in [0.1, 0.15) is 57.8 Å². The standard InChI is InChI=1S/C16H26N2O2/c19-15(10-12-4-1-2-5-12)18-9-3-6-13(11-18)16(20)17-14-7-8-14/h12-14H,1-11H2,(H,17,20)/t13-/m0/s1. The van der Waals surface area contributed by atoms with Gasteiger partial charge in [-0.2, -0.15) is 0 Å². The Balaban J connectivity index is 1.48. The van der Waals surface area contributed by atoms with Crippen LogP contribution >= 0.6 is 0 Å². The number of carbonyl (C=O) groups is 2. The van der Waals surface area contributed by atoms with Crippen molar-refractivity contribution in [1.82, 2.24) is 10.2 Å². The van der Waals surface area contributed by atoms with Gasteiger partial charge < -0.3 is 10.2 Å². The van der Waals surface area contributed by atoms with Gasteiger partial charge in [-0.1, -0.05) is 12.8 Å². The molecule has 1 heterocycles. The van der Waals surface area contributed by atoms with Crippen LogP contribution in [0.2, 0.25) is 0 Å². The molecule has 1 saturated heterocycles. The van der Waals surface area contributed by atoms with E-state index in [4.69, 9.17) is 0 Å². The molecule has 3 fully saturated rings. The van der Waals surface area contributed by atoms with Gasteiger partial charge in [-0.3, -0.25) is 9.59 Å². The van der Waals surface area contributed by atoms with Gasteiger partial charge in [0, 0.05) is 25.6 Å². The van der Waals surface area contributed by atoms with Gasteiger partial charge >= 0.3 is 0 Å². The molecule has 0 spiro atoms. The van der Waals surface area contributed by atoms with Crippen LogP contribution in [0.25, 0.3) is 0 Å². The van der Waals surface area contributed by atoms with Gasteiger partial charge in [-0.25, -0.2) is 0 Å². The van der Waals surface area contributed by atoms with E-state index in [9.17, 15) is 9.59 Å². The number of rotatable bonds is 4. The Bertz CT molecular complexity index is 373. The Morgan fingerprint density at radius 3 is 2.45 bits per heavy atom. The average Bonchev–Trinajstić information content (AvgIpc) is 3.12. The Morgan fingerprint density at radius 2 is 1.75 bits per heavy atom. The summed E-state index contributed by atoms with van der Waals surface area (Å²) in [5.74, 6) is 1.08. The predicted octanol–water partition coefficient (Wildman–Crippen LogP) is 2.08. The molecule has 1 N–H and O–H groups in total. The highest BCUT2D eigenvalue weighted by Crippen LogP contribution is 2.29. The molecule has 0 aromatic heterocycles. The fourth-order valence-corrected chi connectivity index (χ4v) is 3.55. The molecule has 4 nitrogen and oxygen atoms in total. The van der Waals surface area contributed by atoms with Crippen LogP contribution in [0.4, 0.5) is 0 Å². The van der Waals surface area contributed by atoms with Gasteiger partial charge in [0.05, 0.1) is 5.92 Å². The number of carbonyl (C=O) groups excluding carboxylic acids is 2. The quantitative estimate of drug-likeness (QED) is 0.856. The highest BCUT2D eigenvalue weighted by molar-refractivity contribution is 5.81. The highest BCUT2D eigenvalue weighted by atomic mass is 16.2. The molecule has 2 amide bonds. The summed E-state index contributed by atoms with van der Waals surface area (Å²) < 4.78 is 0. The first-order valence-corrected chi connectivity index (χ1v) is 8.30. The second-order valence-corrected chi connectivity index (χ2v) is 6.82. The lowest BCUT2D eigenvalue weighted by Gasteiger charge is -2.32. The van der Waals surface area contributed by atoms with Crippen LogP contribution < -0.4 is 5.32 Å². The fraction of sp³-hybridized carbons (Fsp3) is 0.875. The maximum Gasteiger partial charge on any atom is 0.225 e. The average molecular weight is 278 g/mol. The van der Waals surface area contributed by atoms with Crippen molar-refractivity contribution in [2.75, 3.05) is 13.1 Å². The smallest absolute Gasteiger partial charge is 0.225 e. The van der Waals surface area contributed by atoms with Crippen molar-refractivity contribution in [3.63, 3.8) is 0 Å². The predicted molar refractivity (Wildman–Crippen MR) is 77.0 cm³/mol. The largest absolute Gasteiger partial charge is 0.353 e. The summed E-state index contributed by atoms with van der Waals surface area (Å²) in [4.78, 5) is 26.4. The summed E-state index contributed by atoms with van der Waals surface area (Å²) in [5.41, 5.74) is 0. The third-order valence-electron chi connectivity index (χ3n) is 5.01. The molecule has 0 aromatic rings. The van der Waals surface area contributed by atoms with Crippen molar-refractivity contribution in [3.05, 3.63) is 0 Å². The normalized spacial score (nSPS) is 27.6. The monoisotopic (exact) mass is 278 g/mol. The fourth-order valence-electron chi connectivity index (χ4n) is 3.55. The molecule has 4 heteroatoms. The van der Waals surface area contributed by atoms with Crippen LogP contribution in [-0.4, -0.2) is 35.8 Å². The van der Waals surface area contributed by atoms with E-state index in [1.807, 2.05) is 4.90 Å². The van der Waals surface area contributed by atoms with Crippen LogP contribution in [0.3, 0.4) is 0 Å². The maximum absolute atomic E-state index is 12.4. The second kappa shape index (κ2) is 6.15. The van der Waals surface area contributed by atoms with Crippen LogP contribution in [0.15, 0.2) is 0 Å². The minimum Gasteiger partial charge on any atom is -0.353 e. The number of nitrogens with one attached hydrogen (secondary N) is 1. The van der Waals surface area contributed by atoms with Crippen molar-refractivity contribution in [2.45, 2.75) is 63.8 Å². The van der Waals surface area contributed by atoms with Gasteiger partial charge in [0.25, 0.3) is 0 Å². The summed E-state index contributed by atoms with van der Waals surface area (Å²) in [6.07, 6.45) is 9.86. The van der Waals surface area contributed by atoms with Crippen molar-refractivity contribution in [2.24, 2.45) is 11.8 Å². The Kier molecular flexibility index (Phi) is 4.27. The molecule has 2 aliphatic carbocycles. The van der Waals surface area contributed by atoms with Crippen molar-refractivity contribution in [1.29, 1.82) is 0 Å². The zero-order valence-electron chi connectivity index (χ0n) is 12.3. The lowest BCUT2D eigenvalue weighted by atomic mass is 9.95. The molecule has 2 saturated carbocycles. The first kappa shape index (κ1) is 13.9. The van der Waals surface area contributed by atoms with Gasteiger partial charge in [-0.15, -0.1) is 0 Å². The number of amides is 2. The van der Waals surface area contributed by atoms with Crippen LogP contribution in [0, 0.1) is 11.8 Å². The second-order valence-electron chi connectivity index (χ2n) is 6.82. The molecule has 3 rings (SSSR count). The van der Waals surface area contributed by atoms with E-state index >= 15 is 0 Å². The lowest BCUT2D eigenvalue weighted by molar-refractivity contribution is -0.136. The number of hydrogen-bond donors (Lipinski definition) is 1. The first-order chi connectivity index (χ1) is 9.72. The number of piperidine rings is 1. The lowest BCUT2D eigenvalue weighted by Crippen LogP contribution is -2.46. The number of hydrogen-bond acceptors (Lipinski definition) is 2. The molecule has 112 valence electrons. The van der Waals surface area contributed by atoms with Crippen LogP contribution in [0.5, 0.6) is 0 Å². The van der Waals surface area contributed by atoms with E-state index < -0.39 is 0 Å². The summed E-state index contributed by atoms with van der Waals surface area (Å²) in [6.45, 7) is 1.49. The molecule has 3 aliphatic rings. The number of nitrogens with zero attached hydrogens (tertiary/aromatic N) is 1. The molecular formula is C16H26N2O2.